The van der Waals surface area contributed by atoms with Gasteiger partial charge in [-0.2, -0.15) is 0 Å². The molecule has 1 fully saturated rings. The van der Waals surface area contributed by atoms with Crippen LogP contribution in [0, 0.1) is 5.41 Å². The zero-order valence-corrected chi connectivity index (χ0v) is 13.8. The number of nitrogens with one attached hydrogen (secondary N) is 2. The van der Waals surface area contributed by atoms with Crippen LogP contribution in [-0.2, 0) is 10.0 Å². The average Bonchev–Trinajstić information content (AvgIpc) is 2.42. The van der Waals surface area contributed by atoms with Crippen LogP contribution in [-0.4, -0.2) is 26.0 Å². The summed E-state index contributed by atoms with van der Waals surface area (Å²) >= 11 is 0. The quantitative estimate of drug-likeness (QED) is 0.877. The summed E-state index contributed by atoms with van der Waals surface area (Å²) in [6, 6.07) is 3.49. The Kier molecular flexibility index (Phi) is 4.88. The number of sulfonamides is 1. The van der Waals surface area contributed by atoms with E-state index in [0.717, 1.165) is 25.7 Å². The number of nitrogens with zero attached hydrogens (tertiary/aromatic N) is 1. The van der Waals surface area contributed by atoms with Crippen molar-refractivity contribution in [1.82, 2.24) is 9.71 Å². The third kappa shape index (κ3) is 4.17. The van der Waals surface area contributed by atoms with E-state index in [-0.39, 0.29) is 11.1 Å². The lowest BCUT2D eigenvalue weighted by Gasteiger charge is -2.34. The SMILES string of the molecule is CCNc1cccnc1S(=O)(=O)NC1CCC(C)(C)CC1. The molecule has 0 spiro atoms. The standard InChI is InChI=1S/C15H25N3O2S/c1-4-16-13-6-5-11-17-14(13)21(19,20)18-12-7-9-15(2,3)10-8-12/h5-6,11-12,16,18H,4,7-10H2,1-3H3. The van der Waals surface area contributed by atoms with Gasteiger partial charge in [0, 0.05) is 18.8 Å². The van der Waals surface area contributed by atoms with Crippen molar-refractivity contribution in [1.29, 1.82) is 0 Å². The molecule has 21 heavy (non-hydrogen) atoms. The van der Waals surface area contributed by atoms with Crippen LogP contribution >= 0.6 is 0 Å². The topological polar surface area (TPSA) is 71.1 Å². The lowest BCUT2D eigenvalue weighted by atomic mass is 9.76. The highest BCUT2D eigenvalue weighted by Gasteiger charge is 2.30. The predicted octanol–water partition coefficient (Wildman–Crippen LogP) is 2.76. The van der Waals surface area contributed by atoms with Crippen molar-refractivity contribution in [3.8, 4) is 0 Å². The molecule has 0 unspecified atom stereocenters. The van der Waals surface area contributed by atoms with Gasteiger partial charge in [0.2, 0.25) is 0 Å². The second kappa shape index (κ2) is 6.32. The van der Waals surface area contributed by atoms with Crippen molar-refractivity contribution in [2.24, 2.45) is 5.41 Å². The Labute approximate surface area is 127 Å². The summed E-state index contributed by atoms with van der Waals surface area (Å²) < 4.78 is 27.9. The highest BCUT2D eigenvalue weighted by molar-refractivity contribution is 7.89. The van der Waals surface area contributed by atoms with Crippen LogP contribution < -0.4 is 10.0 Å². The van der Waals surface area contributed by atoms with Crippen LogP contribution in [0.25, 0.3) is 0 Å². The Bertz CT molecular complexity index is 574. The first-order chi connectivity index (χ1) is 9.84. The van der Waals surface area contributed by atoms with E-state index in [4.69, 9.17) is 0 Å². The first-order valence-electron chi connectivity index (χ1n) is 7.55. The van der Waals surface area contributed by atoms with Crippen LogP contribution in [0.2, 0.25) is 0 Å². The summed E-state index contributed by atoms with van der Waals surface area (Å²) in [6.07, 6.45) is 5.37. The molecule has 118 valence electrons. The van der Waals surface area contributed by atoms with E-state index in [2.05, 4.69) is 28.9 Å². The normalized spacial score (nSPS) is 19.4. The first kappa shape index (κ1) is 16.2. The molecule has 1 heterocycles. The fourth-order valence-electron chi connectivity index (χ4n) is 2.72. The number of pyridine rings is 1. The van der Waals surface area contributed by atoms with E-state index in [1.165, 1.54) is 6.20 Å². The first-order valence-corrected chi connectivity index (χ1v) is 9.03. The van der Waals surface area contributed by atoms with Gasteiger partial charge in [0.1, 0.15) is 0 Å². The Morgan fingerprint density at radius 2 is 2.00 bits per heavy atom. The molecule has 0 amide bonds. The Balaban J connectivity index is 2.12. The molecule has 1 aliphatic carbocycles. The molecule has 5 nitrogen and oxygen atoms in total. The molecule has 0 aliphatic heterocycles. The summed E-state index contributed by atoms with van der Waals surface area (Å²) in [5.41, 5.74) is 0.880. The third-order valence-electron chi connectivity index (χ3n) is 4.05. The average molecular weight is 311 g/mol. The summed E-state index contributed by atoms with van der Waals surface area (Å²) in [7, 11) is -3.57. The van der Waals surface area contributed by atoms with Gasteiger partial charge in [-0.05, 0) is 50.2 Å². The van der Waals surface area contributed by atoms with Crippen molar-refractivity contribution >= 4 is 15.7 Å². The fourth-order valence-corrected chi connectivity index (χ4v) is 4.14. The maximum atomic E-state index is 12.5. The Morgan fingerprint density at radius 3 is 2.62 bits per heavy atom. The number of anilines is 1. The van der Waals surface area contributed by atoms with Crippen LogP contribution in [0.4, 0.5) is 5.69 Å². The van der Waals surface area contributed by atoms with Gasteiger partial charge in [0.25, 0.3) is 10.0 Å². The van der Waals surface area contributed by atoms with E-state index in [9.17, 15) is 8.42 Å². The van der Waals surface area contributed by atoms with Crippen molar-refractivity contribution in [3.63, 3.8) is 0 Å². The molecule has 2 rings (SSSR count). The lowest BCUT2D eigenvalue weighted by molar-refractivity contribution is 0.218. The highest BCUT2D eigenvalue weighted by Crippen LogP contribution is 2.35. The molecule has 1 aromatic rings. The molecular weight excluding hydrogens is 286 g/mol. The lowest BCUT2D eigenvalue weighted by Crippen LogP contribution is -2.39. The maximum absolute atomic E-state index is 12.5. The minimum atomic E-state index is -3.57. The van der Waals surface area contributed by atoms with E-state index in [0.29, 0.717) is 17.6 Å². The summed E-state index contributed by atoms with van der Waals surface area (Å²) in [5, 5.41) is 3.15. The molecule has 0 saturated heterocycles. The third-order valence-corrected chi connectivity index (χ3v) is 5.53. The van der Waals surface area contributed by atoms with Crippen molar-refractivity contribution in [3.05, 3.63) is 18.3 Å². The van der Waals surface area contributed by atoms with Crippen LogP contribution in [0.5, 0.6) is 0 Å². The van der Waals surface area contributed by atoms with E-state index in [1.807, 2.05) is 6.92 Å². The number of aromatic nitrogens is 1. The number of hydrogen-bond donors (Lipinski definition) is 2. The largest absolute Gasteiger partial charge is 0.383 e. The van der Waals surface area contributed by atoms with E-state index < -0.39 is 10.0 Å². The molecular formula is C15H25N3O2S. The van der Waals surface area contributed by atoms with Crippen LogP contribution in [0.1, 0.15) is 46.5 Å². The maximum Gasteiger partial charge on any atom is 0.260 e. The smallest absolute Gasteiger partial charge is 0.260 e. The van der Waals surface area contributed by atoms with Gasteiger partial charge in [-0.1, -0.05) is 13.8 Å². The second-order valence-corrected chi connectivity index (χ2v) is 8.08. The van der Waals surface area contributed by atoms with Gasteiger partial charge in [0.15, 0.2) is 5.03 Å². The van der Waals surface area contributed by atoms with Gasteiger partial charge in [-0.3, -0.25) is 0 Å². The minimum absolute atomic E-state index is 0.0134. The molecule has 0 atom stereocenters. The van der Waals surface area contributed by atoms with Gasteiger partial charge >= 0.3 is 0 Å². The zero-order chi connectivity index (χ0) is 15.5. The molecule has 1 aliphatic rings. The van der Waals surface area contributed by atoms with Gasteiger partial charge in [-0.25, -0.2) is 18.1 Å². The monoisotopic (exact) mass is 311 g/mol. The van der Waals surface area contributed by atoms with Crippen LogP contribution in [0.3, 0.4) is 0 Å². The summed E-state index contributed by atoms with van der Waals surface area (Å²) in [6.45, 7) is 7.06. The van der Waals surface area contributed by atoms with E-state index in [1.54, 1.807) is 12.1 Å². The fraction of sp³-hybridized carbons (Fsp3) is 0.667. The van der Waals surface area contributed by atoms with Crippen molar-refractivity contribution < 1.29 is 8.42 Å². The van der Waals surface area contributed by atoms with Crippen LogP contribution in [0.15, 0.2) is 23.4 Å². The molecule has 1 aromatic heterocycles. The molecule has 1 saturated carbocycles. The second-order valence-electron chi connectivity index (χ2n) is 6.45. The molecule has 0 aromatic carbocycles. The van der Waals surface area contributed by atoms with Crippen molar-refractivity contribution in [2.45, 2.75) is 57.5 Å². The zero-order valence-electron chi connectivity index (χ0n) is 13.0. The van der Waals surface area contributed by atoms with Crippen molar-refractivity contribution in [2.75, 3.05) is 11.9 Å². The molecule has 0 radical (unpaired) electrons. The molecule has 6 heteroatoms. The molecule has 2 N–H and O–H groups in total. The number of rotatable bonds is 5. The van der Waals surface area contributed by atoms with Gasteiger partial charge in [0.05, 0.1) is 5.69 Å². The summed E-state index contributed by atoms with van der Waals surface area (Å²) in [5.74, 6) is 0. The number of hydrogen-bond acceptors (Lipinski definition) is 4. The van der Waals surface area contributed by atoms with E-state index >= 15 is 0 Å². The van der Waals surface area contributed by atoms with Gasteiger partial charge in [-0.15, -0.1) is 0 Å². The highest BCUT2D eigenvalue weighted by atomic mass is 32.2. The molecule has 0 bridgehead atoms. The Hall–Kier alpha value is -1.14. The van der Waals surface area contributed by atoms with Gasteiger partial charge < -0.3 is 5.32 Å². The summed E-state index contributed by atoms with van der Waals surface area (Å²) in [4.78, 5) is 4.05. The minimum Gasteiger partial charge on any atom is -0.383 e. The predicted molar refractivity (Wildman–Crippen MR) is 84.8 cm³/mol. The Morgan fingerprint density at radius 1 is 1.33 bits per heavy atom.